The smallest absolute Gasteiger partial charge is 0.120 e. The van der Waals surface area contributed by atoms with Gasteiger partial charge < -0.3 is 4.23 Å². The van der Waals surface area contributed by atoms with Crippen molar-refractivity contribution in [2.75, 3.05) is 7.05 Å². The van der Waals surface area contributed by atoms with Gasteiger partial charge in [0.25, 0.3) is 0 Å². The molecule has 0 amide bonds. The van der Waals surface area contributed by atoms with Crippen molar-refractivity contribution >= 4 is 17.2 Å². The predicted molar refractivity (Wildman–Crippen MR) is 63.8 cm³/mol. The van der Waals surface area contributed by atoms with Gasteiger partial charge in [0.1, 0.15) is 8.24 Å². The predicted octanol–water partition coefficient (Wildman–Crippen LogP) is 2.91. The molecule has 0 aromatic carbocycles. The molecule has 0 heterocycles. The highest BCUT2D eigenvalue weighted by atomic mass is 28.4. The summed E-state index contributed by atoms with van der Waals surface area (Å²) in [5.41, 5.74) is 0. The Morgan fingerprint density at radius 2 is 1.33 bits per heavy atom. The van der Waals surface area contributed by atoms with Gasteiger partial charge in [0, 0.05) is 0 Å². The Bertz CT molecular complexity index is 113. The average molecular weight is 203 g/mol. The van der Waals surface area contributed by atoms with Crippen molar-refractivity contribution in [3.05, 3.63) is 0 Å². The average Bonchev–Trinajstić information content (AvgIpc) is 2.08. The summed E-state index contributed by atoms with van der Waals surface area (Å²) in [5, 5.41) is 0. The Morgan fingerprint density at radius 1 is 1.00 bits per heavy atom. The van der Waals surface area contributed by atoms with Crippen molar-refractivity contribution in [3.63, 3.8) is 0 Å². The summed E-state index contributed by atoms with van der Waals surface area (Å²) in [5.74, 6) is 0. The van der Waals surface area contributed by atoms with Crippen molar-refractivity contribution in [1.29, 1.82) is 0 Å². The van der Waals surface area contributed by atoms with Gasteiger partial charge in [-0.2, -0.15) is 0 Å². The summed E-state index contributed by atoms with van der Waals surface area (Å²) in [6.45, 7) is 12.0. The second-order valence-corrected chi connectivity index (χ2v) is 12.7. The summed E-state index contributed by atoms with van der Waals surface area (Å²) >= 11 is 0. The first kappa shape index (κ1) is 12.4. The lowest BCUT2D eigenvalue weighted by Crippen LogP contribution is -2.54. The van der Waals surface area contributed by atoms with Gasteiger partial charge >= 0.3 is 0 Å². The normalized spacial score (nSPS) is 13.0. The van der Waals surface area contributed by atoms with Crippen molar-refractivity contribution in [3.8, 4) is 0 Å². The van der Waals surface area contributed by atoms with Crippen LogP contribution in [-0.2, 0) is 0 Å². The molecule has 0 saturated carbocycles. The van der Waals surface area contributed by atoms with Gasteiger partial charge in [-0.25, -0.2) is 0 Å². The van der Waals surface area contributed by atoms with Crippen LogP contribution in [0.15, 0.2) is 0 Å². The topological polar surface area (TPSA) is 3.24 Å². The Hall–Kier alpha value is 0.394. The molecular formula is C9H25NSi2. The van der Waals surface area contributed by atoms with Gasteiger partial charge in [0.2, 0.25) is 0 Å². The molecule has 74 valence electrons. The number of hydrogen-bond donors (Lipinski definition) is 0. The Kier molecular flexibility index (Phi) is 5.36. The second-order valence-electron chi connectivity index (χ2n) is 3.99. The fraction of sp³-hybridized carbons (Fsp3) is 1.00. The first-order valence-electron chi connectivity index (χ1n) is 5.27. The lowest BCUT2D eigenvalue weighted by Gasteiger charge is -2.40. The van der Waals surface area contributed by atoms with E-state index in [1.165, 1.54) is 18.1 Å². The largest absolute Gasteiger partial charge is 0.350 e. The number of hydrogen-bond acceptors (Lipinski definition) is 1. The number of rotatable bonds is 5. The molecular weight excluding hydrogens is 178 g/mol. The van der Waals surface area contributed by atoms with Gasteiger partial charge in [0.05, 0.1) is 8.96 Å². The van der Waals surface area contributed by atoms with Crippen LogP contribution in [0.1, 0.15) is 20.8 Å². The van der Waals surface area contributed by atoms with Crippen molar-refractivity contribution in [1.82, 2.24) is 4.23 Å². The van der Waals surface area contributed by atoms with E-state index in [9.17, 15) is 0 Å². The first-order valence-corrected chi connectivity index (χ1v) is 10.7. The monoisotopic (exact) mass is 203 g/mol. The molecule has 0 saturated heterocycles. The van der Waals surface area contributed by atoms with E-state index in [0.29, 0.717) is 0 Å². The van der Waals surface area contributed by atoms with Gasteiger partial charge in [-0.05, 0) is 25.2 Å². The van der Waals surface area contributed by atoms with Crippen LogP contribution in [0.5, 0.6) is 0 Å². The molecule has 12 heavy (non-hydrogen) atoms. The van der Waals surface area contributed by atoms with Crippen LogP contribution in [0.2, 0.25) is 31.2 Å². The Labute approximate surface area is 80.9 Å². The quantitative estimate of drug-likeness (QED) is 0.621. The van der Waals surface area contributed by atoms with Gasteiger partial charge in [-0.3, -0.25) is 0 Å². The third-order valence-corrected chi connectivity index (χ3v) is 13.7. The van der Waals surface area contributed by atoms with E-state index in [-0.39, 0.29) is 0 Å². The molecule has 3 heteroatoms. The summed E-state index contributed by atoms with van der Waals surface area (Å²) in [6.07, 6.45) is 0. The highest BCUT2D eigenvalue weighted by molar-refractivity contribution is 6.84. The maximum absolute atomic E-state index is 2.80. The molecule has 0 aliphatic heterocycles. The summed E-state index contributed by atoms with van der Waals surface area (Å²) in [4.78, 5) is 0. The van der Waals surface area contributed by atoms with Crippen molar-refractivity contribution in [2.45, 2.75) is 52.0 Å². The van der Waals surface area contributed by atoms with Crippen LogP contribution in [0.4, 0.5) is 0 Å². The van der Waals surface area contributed by atoms with Crippen molar-refractivity contribution < 1.29 is 0 Å². The van der Waals surface area contributed by atoms with Crippen LogP contribution < -0.4 is 0 Å². The van der Waals surface area contributed by atoms with Gasteiger partial charge in [0.15, 0.2) is 0 Å². The molecule has 0 aromatic rings. The minimum absolute atomic E-state index is 0.548. The molecule has 0 aliphatic carbocycles. The van der Waals surface area contributed by atoms with E-state index in [4.69, 9.17) is 0 Å². The van der Waals surface area contributed by atoms with Crippen LogP contribution in [-0.4, -0.2) is 28.5 Å². The van der Waals surface area contributed by atoms with Crippen molar-refractivity contribution in [2.24, 2.45) is 0 Å². The summed E-state index contributed by atoms with van der Waals surface area (Å²) in [6, 6.07) is 4.30. The summed E-state index contributed by atoms with van der Waals surface area (Å²) < 4.78 is 2.80. The van der Waals surface area contributed by atoms with Gasteiger partial charge in [-0.1, -0.05) is 33.9 Å². The Morgan fingerprint density at radius 3 is 1.42 bits per heavy atom. The van der Waals surface area contributed by atoms with Crippen LogP contribution >= 0.6 is 0 Å². The van der Waals surface area contributed by atoms with Crippen LogP contribution in [0.3, 0.4) is 0 Å². The van der Waals surface area contributed by atoms with Gasteiger partial charge in [-0.15, -0.1) is 0 Å². The fourth-order valence-electron chi connectivity index (χ4n) is 2.05. The SMILES string of the molecule is CC[Si](CC)(CC)N(C)[SiH](C)C. The second kappa shape index (κ2) is 5.19. The molecule has 1 nitrogen and oxygen atoms in total. The zero-order valence-corrected chi connectivity index (χ0v) is 11.8. The Balaban J connectivity index is 4.46. The molecule has 0 rings (SSSR count). The molecule has 0 spiro atoms. The molecule has 0 unspecified atom stereocenters. The lowest BCUT2D eigenvalue weighted by atomic mass is 10.9. The molecule has 0 bridgehead atoms. The first-order chi connectivity index (χ1) is 5.54. The molecule has 0 atom stereocenters. The molecule has 0 N–H and O–H groups in total. The minimum atomic E-state index is -0.989. The van der Waals surface area contributed by atoms with E-state index in [2.05, 4.69) is 45.1 Å². The summed E-state index contributed by atoms with van der Waals surface area (Å²) in [7, 11) is 0.838. The zero-order valence-electron chi connectivity index (χ0n) is 9.65. The van der Waals surface area contributed by atoms with E-state index < -0.39 is 17.2 Å². The zero-order chi connectivity index (χ0) is 9.78. The van der Waals surface area contributed by atoms with E-state index in [0.717, 1.165) is 0 Å². The standard InChI is InChI=1S/C9H25NSi2/c1-7-12(8-2,9-3)10(4)11(5)6/h11H,7-9H2,1-6H3. The molecule has 0 radical (unpaired) electrons. The van der Waals surface area contributed by atoms with Crippen LogP contribution in [0.25, 0.3) is 0 Å². The third kappa shape index (κ3) is 2.44. The maximum Gasteiger partial charge on any atom is 0.120 e. The maximum atomic E-state index is 2.80. The number of nitrogens with zero attached hydrogens (tertiary/aromatic N) is 1. The molecule has 0 fully saturated rings. The van der Waals surface area contributed by atoms with E-state index in [1.807, 2.05) is 0 Å². The van der Waals surface area contributed by atoms with E-state index >= 15 is 0 Å². The molecule has 0 aliphatic rings. The van der Waals surface area contributed by atoms with E-state index in [1.54, 1.807) is 0 Å². The van der Waals surface area contributed by atoms with Crippen LogP contribution in [0, 0.1) is 0 Å². The third-order valence-electron chi connectivity index (χ3n) is 3.50. The highest BCUT2D eigenvalue weighted by Gasteiger charge is 2.32. The molecule has 0 aromatic heterocycles. The minimum Gasteiger partial charge on any atom is -0.350 e. The fourth-order valence-corrected chi connectivity index (χ4v) is 11.1. The highest BCUT2D eigenvalue weighted by Crippen LogP contribution is 2.24. The lowest BCUT2D eigenvalue weighted by molar-refractivity contribution is 0.741.